The van der Waals surface area contributed by atoms with Crippen LogP contribution in [-0.4, -0.2) is 70.1 Å². The van der Waals surface area contributed by atoms with Gasteiger partial charge >= 0.3 is 0 Å². The fraction of sp³-hybridized carbons (Fsp3) is 0.579. The van der Waals surface area contributed by atoms with Crippen molar-refractivity contribution in [3.05, 3.63) is 29.8 Å². The largest absolute Gasteiger partial charge is 0.497 e. The monoisotopic (exact) mass is 506 g/mol. The van der Waals surface area contributed by atoms with Crippen LogP contribution in [0.2, 0.25) is 0 Å². The van der Waals surface area contributed by atoms with Gasteiger partial charge in [0.25, 0.3) is 0 Å². The fourth-order valence-electron chi connectivity index (χ4n) is 2.50. The van der Waals surface area contributed by atoms with Crippen LogP contribution in [0.5, 0.6) is 5.75 Å². The predicted molar refractivity (Wildman–Crippen MR) is 119 cm³/mol. The summed E-state index contributed by atoms with van der Waals surface area (Å²) in [5, 5.41) is 6.32. The third-order valence-corrected chi connectivity index (χ3v) is 4.25. The maximum absolute atomic E-state index is 11.9. The summed E-state index contributed by atoms with van der Waals surface area (Å²) in [7, 11) is 5.08. The van der Waals surface area contributed by atoms with E-state index in [2.05, 4.69) is 15.6 Å². The number of hydrogen-bond acceptors (Lipinski definition) is 5. The fourth-order valence-corrected chi connectivity index (χ4v) is 2.50. The molecule has 0 bridgehead atoms. The van der Waals surface area contributed by atoms with Gasteiger partial charge in [0.05, 0.1) is 33.4 Å². The number of amides is 1. The average Bonchev–Trinajstić information content (AvgIpc) is 3.10. The first kappa shape index (κ1) is 24.4. The van der Waals surface area contributed by atoms with Gasteiger partial charge in [-0.2, -0.15) is 0 Å². The lowest BCUT2D eigenvalue weighted by atomic mass is 10.2. The number of aliphatic imine (C=N–C) groups is 1. The van der Waals surface area contributed by atoms with Crippen LogP contribution in [0.25, 0.3) is 0 Å². The van der Waals surface area contributed by atoms with Gasteiger partial charge in [-0.1, -0.05) is 12.1 Å². The van der Waals surface area contributed by atoms with E-state index < -0.39 is 5.79 Å². The molecular formula is C19H31IN4O4. The molecule has 158 valence electrons. The van der Waals surface area contributed by atoms with E-state index in [9.17, 15) is 4.79 Å². The van der Waals surface area contributed by atoms with Crippen molar-refractivity contribution in [1.29, 1.82) is 0 Å². The topological polar surface area (TPSA) is 84.4 Å². The zero-order valence-electron chi connectivity index (χ0n) is 17.0. The number of benzene rings is 1. The van der Waals surface area contributed by atoms with Crippen molar-refractivity contribution in [1.82, 2.24) is 15.5 Å². The van der Waals surface area contributed by atoms with E-state index in [-0.39, 0.29) is 36.4 Å². The number of rotatable bonds is 8. The molecule has 1 amide bonds. The molecule has 8 nitrogen and oxygen atoms in total. The standard InChI is InChI=1S/C19H30N4O4.HI/c1-19(26-11-12-27-19)9-10-20-18(22-14-17(24)23(2)3)21-13-15-5-7-16(25-4)8-6-15;/h5-8H,9-14H2,1-4H3,(H2,20,21,22);1H. The Balaban J connectivity index is 0.00000392. The zero-order chi connectivity index (χ0) is 19.7. The molecule has 28 heavy (non-hydrogen) atoms. The van der Waals surface area contributed by atoms with E-state index in [1.165, 1.54) is 4.90 Å². The van der Waals surface area contributed by atoms with E-state index in [0.717, 1.165) is 11.3 Å². The first-order valence-electron chi connectivity index (χ1n) is 9.05. The molecule has 1 saturated heterocycles. The van der Waals surface area contributed by atoms with Crippen LogP contribution in [0.4, 0.5) is 0 Å². The Labute approximate surface area is 184 Å². The summed E-state index contributed by atoms with van der Waals surface area (Å²) in [4.78, 5) is 18.0. The Hall–Kier alpha value is -1.59. The number of guanidine groups is 1. The number of nitrogens with one attached hydrogen (secondary N) is 2. The number of carbonyl (C=O) groups is 1. The molecule has 0 saturated carbocycles. The smallest absolute Gasteiger partial charge is 0.241 e. The number of likely N-dealkylation sites (N-methyl/N-ethyl adjacent to an activating group) is 1. The summed E-state index contributed by atoms with van der Waals surface area (Å²) in [5.41, 5.74) is 1.05. The Morgan fingerprint density at radius 3 is 2.43 bits per heavy atom. The van der Waals surface area contributed by atoms with Crippen LogP contribution in [0.3, 0.4) is 0 Å². The number of nitrogens with zero attached hydrogens (tertiary/aromatic N) is 2. The summed E-state index contributed by atoms with van der Waals surface area (Å²) in [6.45, 7) is 4.43. The highest BCUT2D eigenvalue weighted by molar-refractivity contribution is 14.0. The van der Waals surface area contributed by atoms with Crippen molar-refractivity contribution < 1.29 is 19.0 Å². The molecule has 0 atom stereocenters. The molecule has 1 heterocycles. The van der Waals surface area contributed by atoms with E-state index in [4.69, 9.17) is 14.2 Å². The van der Waals surface area contributed by atoms with Crippen molar-refractivity contribution in [2.24, 2.45) is 4.99 Å². The molecule has 2 N–H and O–H groups in total. The maximum atomic E-state index is 11.9. The Morgan fingerprint density at radius 1 is 1.21 bits per heavy atom. The van der Waals surface area contributed by atoms with Crippen molar-refractivity contribution >= 4 is 35.8 Å². The molecule has 2 rings (SSSR count). The molecule has 0 aliphatic carbocycles. The minimum atomic E-state index is -0.562. The lowest BCUT2D eigenvalue weighted by Gasteiger charge is -2.23. The first-order chi connectivity index (χ1) is 12.9. The summed E-state index contributed by atoms with van der Waals surface area (Å²) in [6, 6.07) is 7.73. The van der Waals surface area contributed by atoms with E-state index in [1.54, 1.807) is 21.2 Å². The highest BCUT2D eigenvalue weighted by Crippen LogP contribution is 2.21. The van der Waals surface area contributed by atoms with Gasteiger partial charge in [0.2, 0.25) is 5.91 Å². The minimum Gasteiger partial charge on any atom is -0.497 e. The summed E-state index contributed by atoms with van der Waals surface area (Å²) < 4.78 is 16.4. The number of halogens is 1. The summed E-state index contributed by atoms with van der Waals surface area (Å²) >= 11 is 0. The molecule has 1 aliphatic heterocycles. The molecule has 0 unspecified atom stereocenters. The van der Waals surface area contributed by atoms with E-state index in [1.807, 2.05) is 31.2 Å². The third-order valence-electron chi connectivity index (χ3n) is 4.25. The second-order valence-electron chi connectivity index (χ2n) is 6.66. The van der Waals surface area contributed by atoms with Crippen molar-refractivity contribution in [3.8, 4) is 5.75 Å². The van der Waals surface area contributed by atoms with Crippen LogP contribution >= 0.6 is 24.0 Å². The number of methoxy groups -OCH3 is 1. The van der Waals surface area contributed by atoms with Crippen molar-refractivity contribution in [3.63, 3.8) is 0 Å². The first-order valence-corrected chi connectivity index (χ1v) is 9.05. The average molecular weight is 506 g/mol. The molecule has 0 aromatic heterocycles. The van der Waals surface area contributed by atoms with E-state index >= 15 is 0 Å². The zero-order valence-corrected chi connectivity index (χ0v) is 19.3. The van der Waals surface area contributed by atoms with Gasteiger partial charge in [0, 0.05) is 27.1 Å². The number of hydrogen-bond donors (Lipinski definition) is 2. The highest BCUT2D eigenvalue weighted by Gasteiger charge is 2.30. The lowest BCUT2D eigenvalue weighted by Crippen LogP contribution is -2.44. The molecule has 1 aromatic rings. The van der Waals surface area contributed by atoms with Crippen molar-refractivity contribution in [2.45, 2.75) is 25.7 Å². The predicted octanol–water partition coefficient (Wildman–Crippen LogP) is 1.59. The third kappa shape index (κ3) is 8.19. The quantitative estimate of drug-likeness (QED) is 0.317. The van der Waals surface area contributed by atoms with Gasteiger partial charge in [0.15, 0.2) is 11.7 Å². The number of carbonyl (C=O) groups excluding carboxylic acids is 1. The Kier molecular flexibility index (Phi) is 10.5. The van der Waals surface area contributed by atoms with E-state index in [0.29, 0.717) is 38.7 Å². The highest BCUT2D eigenvalue weighted by atomic mass is 127. The minimum absolute atomic E-state index is 0. The van der Waals surface area contributed by atoms with Gasteiger partial charge in [-0.3, -0.25) is 4.79 Å². The molecule has 0 radical (unpaired) electrons. The lowest BCUT2D eigenvalue weighted by molar-refractivity contribution is -0.145. The molecule has 9 heteroatoms. The number of ether oxygens (including phenoxy) is 3. The molecule has 1 fully saturated rings. The van der Waals surface area contributed by atoms with Gasteiger partial charge in [-0.15, -0.1) is 24.0 Å². The molecule has 1 aromatic carbocycles. The van der Waals surface area contributed by atoms with Crippen LogP contribution in [0, 0.1) is 0 Å². The van der Waals surface area contributed by atoms with Crippen LogP contribution in [0.1, 0.15) is 18.9 Å². The second kappa shape index (κ2) is 12.1. The van der Waals surface area contributed by atoms with Crippen LogP contribution in [-0.2, 0) is 20.8 Å². The van der Waals surface area contributed by atoms with Crippen LogP contribution in [0.15, 0.2) is 29.3 Å². The molecule has 0 spiro atoms. The normalized spacial score (nSPS) is 15.5. The Bertz CT molecular complexity index is 631. The summed E-state index contributed by atoms with van der Waals surface area (Å²) in [6.07, 6.45) is 0.678. The van der Waals surface area contributed by atoms with Gasteiger partial charge in [0.1, 0.15) is 5.75 Å². The van der Waals surface area contributed by atoms with Gasteiger partial charge in [-0.25, -0.2) is 4.99 Å². The molecular weight excluding hydrogens is 475 g/mol. The SMILES string of the molecule is COc1ccc(CN=C(NCCC2(C)OCCO2)NCC(=O)N(C)C)cc1.I. The van der Waals surface area contributed by atoms with Crippen LogP contribution < -0.4 is 15.4 Å². The van der Waals surface area contributed by atoms with Gasteiger partial charge in [-0.05, 0) is 24.6 Å². The summed E-state index contributed by atoms with van der Waals surface area (Å²) in [5.74, 6) is 0.791. The molecule has 1 aliphatic rings. The second-order valence-corrected chi connectivity index (χ2v) is 6.66. The van der Waals surface area contributed by atoms with Gasteiger partial charge < -0.3 is 29.7 Å². The van der Waals surface area contributed by atoms with Crippen molar-refractivity contribution in [2.75, 3.05) is 47.5 Å². The maximum Gasteiger partial charge on any atom is 0.241 e. The Morgan fingerprint density at radius 2 is 1.86 bits per heavy atom.